The Morgan fingerprint density at radius 2 is 2.00 bits per heavy atom. The maximum absolute atomic E-state index is 12.9. The molecule has 3 rings (SSSR count). The van der Waals surface area contributed by atoms with Crippen molar-refractivity contribution in [1.29, 1.82) is 0 Å². The Kier molecular flexibility index (Phi) is 3.95. The van der Waals surface area contributed by atoms with Crippen LogP contribution in [0.5, 0.6) is 0 Å². The van der Waals surface area contributed by atoms with Crippen LogP contribution < -0.4 is 4.90 Å². The summed E-state index contributed by atoms with van der Waals surface area (Å²) in [6.07, 6.45) is 4.93. The molecule has 1 saturated heterocycles. The van der Waals surface area contributed by atoms with Gasteiger partial charge in [-0.05, 0) is 31.4 Å². The highest BCUT2D eigenvalue weighted by Gasteiger charge is 2.41. The van der Waals surface area contributed by atoms with E-state index in [0.717, 1.165) is 37.8 Å². The van der Waals surface area contributed by atoms with Gasteiger partial charge in [0.1, 0.15) is 6.04 Å². The van der Waals surface area contributed by atoms with E-state index in [2.05, 4.69) is 6.92 Å². The van der Waals surface area contributed by atoms with Crippen LogP contribution in [0.15, 0.2) is 24.3 Å². The van der Waals surface area contributed by atoms with E-state index in [-0.39, 0.29) is 17.9 Å². The van der Waals surface area contributed by atoms with E-state index in [1.54, 1.807) is 4.90 Å². The molecule has 2 aliphatic rings. The molecule has 0 unspecified atom stereocenters. The zero-order valence-electron chi connectivity index (χ0n) is 12.5. The van der Waals surface area contributed by atoms with E-state index in [9.17, 15) is 9.59 Å². The van der Waals surface area contributed by atoms with E-state index in [4.69, 9.17) is 0 Å². The summed E-state index contributed by atoms with van der Waals surface area (Å²) < 4.78 is 0. The topological polar surface area (TPSA) is 40.6 Å². The minimum absolute atomic E-state index is 0.0134. The first-order valence-electron chi connectivity index (χ1n) is 7.95. The SMILES string of the molecule is CCCCCN1C(=O)[C@@H]2CCCN2C(=O)c2ccccc21. The lowest BCUT2D eigenvalue weighted by molar-refractivity contribution is -0.122. The number of carbonyl (C=O) groups is 2. The van der Waals surface area contributed by atoms with Crippen LogP contribution >= 0.6 is 0 Å². The van der Waals surface area contributed by atoms with E-state index < -0.39 is 0 Å². The van der Waals surface area contributed by atoms with Crippen molar-refractivity contribution in [2.45, 2.75) is 45.1 Å². The fourth-order valence-electron chi connectivity index (χ4n) is 3.36. The highest BCUT2D eigenvalue weighted by Crippen LogP contribution is 2.32. The van der Waals surface area contributed by atoms with Gasteiger partial charge in [-0.3, -0.25) is 9.59 Å². The van der Waals surface area contributed by atoms with Gasteiger partial charge in [-0.2, -0.15) is 0 Å². The first kappa shape index (κ1) is 14.1. The number of hydrogen-bond donors (Lipinski definition) is 0. The number of fused-ring (bicyclic) bond motifs is 2. The predicted octanol–water partition coefficient (Wildman–Crippen LogP) is 2.83. The third-order valence-corrected chi connectivity index (χ3v) is 4.48. The van der Waals surface area contributed by atoms with Crippen molar-refractivity contribution in [2.75, 3.05) is 18.0 Å². The van der Waals surface area contributed by atoms with Gasteiger partial charge in [0.15, 0.2) is 0 Å². The lowest BCUT2D eigenvalue weighted by Gasteiger charge is -2.25. The summed E-state index contributed by atoms with van der Waals surface area (Å²) in [5.41, 5.74) is 1.46. The third-order valence-electron chi connectivity index (χ3n) is 4.48. The Bertz CT molecular complexity index is 555. The third kappa shape index (κ3) is 2.43. The van der Waals surface area contributed by atoms with Crippen molar-refractivity contribution in [1.82, 2.24) is 4.90 Å². The molecule has 2 heterocycles. The molecule has 21 heavy (non-hydrogen) atoms. The molecule has 1 aromatic rings. The van der Waals surface area contributed by atoms with Crippen molar-refractivity contribution in [3.05, 3.63) is 29.8 Å². The molecule has 1 fully saturated rings. The van der Waals surface area contributed by atoms with Crippen molar-refractivity contribution < 1.29 is 9.59 Å². The number of para-hydroxylation sites is 1. The Morgan fingerprint density at radius 3 is 2.81 bits per heavy atom. The fourth-order valence-corrected chi connectivity index (χ4v) is 3.36. The fraction of sp³-hybridized carbons (Fsp3) is 0.529. The van der Waals surface area contributed by atoms with Crippen LogP contribution in [-0.4, -0.2) is 35.8 Å². The average Bonchev–Trinajstić information content (AvgIpc) is 2.97. The number of anilines is 1. The zero-order valence-corrected chi connectivity index (χ0v) is 12.5. The second-order valence-corrected chi connectivity index (χ2v) is 5.87. The van der Waals surface area contributed by atoms with Gasteiger partial charge in [-0.25, -0.2) is 0 Å². The lowest BCUT2D eigenvalue weighted by atomic mass is 10.1. The molecule has 0 aromatic heterocycles. The molecule has 112 valence electrons. The number of hydrogen-bond acceptors (Lipinski definition) is 2. The second-order valence-electron chi connectivity index (χ2n) is 5.87. The molecule has 0 spiro atoms. The highest BCUT2D eigenvalue weighted by molar-refractivity contribution is 6.11. The zero-order chi connectivity index (χ0) is 14.8. The summed E-state index contributed by atoms with van der Waals surface area (Å²) in [5, 5.41) is 0. The molecule has 0 N–H and O–H groups in total. The van der Waals surface area contributed by atoms with Gasteiger partial charge < -0.3 is 9.80 Å². The molecule has 2 aliphatic heterocycles. The first-order valence-corrected chi connectivity index (χ1v) is 7.95. The Hall–Kier alpha value is -1.84. The molecule has 0 aliphatic carbocycles. The number of rotatable bonds is 4. The Morgan fingerprint density at radius 1 is 1.19 bits per heavy atom. The van der Waals surface area contributed by atoms with Gasteiger partial charge in [-0.1, -0.05) is 31.9 Å². The molecule has 1 atom stereocenters. The van der Waals surface area contributed by atoms with Gasteiger partial charge in [0.2, 0.25) is 5.91 Å². The number of amides is 2. The largest absolute Gasteiger partial charge is 0.327 e. The maximum atomic E-state index is 12.9. The summed E-state index contributed by atoms with van der Waals surface area (Å²) >= 11 is 0. The number of carbonyl (C=O) groups excluding carboxylic acids is 2. The molecule has 0 radical (unpaired) electrons. The summed E-state index contributed by atoms with van der Waals surface area (Å²) in [7, 11) is 0. The Balaban J connectivity index is 1.98. The van der Waals surface area contributed by atoms with E-state index in [0.29, 0.717) is 18.7 Å². The van der Waals surface area contributed by atoms with Crippen molar-refractivity contribution in [3.8, 4) is 0 Å². The van der Waals surface area contributed by atoms with Gasteiger partial charge in [0.05, 0.1) is 11.3 Å². The molecular weight excluding hydrogens is 264 g/mol. The molecule has 0 bridgehead atoms. The smallest absolute Gasteiger partial charge is 0.256 e. The van der Waals surface area contributed by atoms with Crippen molar-refractivity contribution >= 4 is 17.5 Å². The normalized spacial score (nSPS) is 21.3. The maximum Gasteiger partial charge on any atom is 0.256 e. The van der Waals surface area contributed by atoms with Crippen LogP contribution in [0.25, 0.3) is 0 Å². The molecule has 0 saturated carbocycles. The van der Waals surface area contributed by atoms with Crippen LogP contribution in [-0.2, 0) is 4.79 Å². The minimum atomic E-state index is -0.258. The summed E-state index contributed by atoms with van der Waals surface area (Å²) in [5.74, 6) is 0.112. The van der Waals surface area contributed by atoms with Gasteiger partial charge in [0, 0.05) is 13.1 Å². The lowest BCUT2D eigenvalue weighted by Crippen LogP contribution is -2.45. The van der Waals surface area contributed by atoms with Crippen LogP contribution in [0, 0.1) is 0 Å². The van der Waals surface area contributed by atoms with E-state index in [1.807, 2.05) is 29.2 Å². The van der Waals surface area contributed by atoms with Crippen molar-refractivity contribution in [3.63, 3.8) is 0 Å². The van der Waals surface area contributed by atoms with Gasteiger partial charge in [0.25, 0.3) is 5.91 Å². The first-order chi connectivity index (χ1) is 10.2. The monoisotopic (exact) mass is 286 g/mol. The molecule has 2 amide bonds. The van der Waals surface area contributed by atoms with Crippen LogP contribution in [0.4, 0.5) is 5.69 Å². The summed E-state index contributed by atoms with van der Waals surface area (Å²) in [4.78, 5) is 29.2. The van der Waals surface area contributed by atoms with E-state index in [1.165, 1.54) is 0 Å². The minimum Gasteiger partial charge on any atom is -0.327 e. The van der Waals surface area contributed by atoms with Crippen LogP contribution in [0.1, 0.15) is 49.4 Å². The molecular formula is C17H22N2O2. The number of nitrogens with zero attached hydrogens (tertiary/aromatic N) is 2. The average molecular weight is 286 g/mol. The van der Waals surface area contributed by atoms with Crippen LogP contribution in [0.2, 0.25) is 0 Å². The molecule has 4 nitrogen and oxygen atoms in total. The number of unbranched alkanes of at least 4 members (excludes halogenated alkanes) is 2. The van der Waals surface area contributed by atoms with Crippen LogP contribution in [0.3, 0.4) is 0 Å². The van der Waals surface area contributed by atoms with Crippen molar-refractivity contribution in [2.24, 2.45) is 0 Å². The molecule has 1 aromatic carbocycles. The Labute approximate surface area is 125 Å². The summed E-state index contributed by atoms with van der Waals surface area (Å²) in [6.45, 7) is 3.56. The molecule has 4 heteroatoms. The predicted molar refractivity (Wildman–Crippen MR) is 82.4 cm³/mol. The second kappa shape index (κ2) is 5.88. The van der Waals surface area contributed by atoms with Gasteiger partial charge in [-0.15, -0.1) is 0 Å². The standard InChI is InChI=1S/C17H22N2O2/c1-2-3-6-11-18-14-9-5-4-8-13(14)16(20)19-12-7-10-15(19)17(18)21/h4-5,8-9,15H,2-3,6-7,10-12H2,1H3/t15-/m0/s1. The quantitative estimate of drug-likeness (QED) is 0.799. The highest BCUT2D eigenvalue weighted by atomic mass is 16.2. The number of benzene rings is 1. The van der Waals surface area contributed by atoms with Gasteiger partial charge >= 0.3 is 0 Å². The van der Waals surface area contributed by atoms with E-state index >= 15 is 0 Å². The summed E-state index contributed by atoms with van der Waals surface area (Å²) in [6, 6.07) is 7.27.